The molecule has 0 aliphatic carbocycles. The number of carbonyl (C=O) groups excluding carboxylic acids is 2. The Morgan fingerprint density at radius 1 is 1.11 bits per heavy atom. The van der Waals surface area contributed by atoms with E-state index in [0.29, 0.717) is 30.1 Å². The molecule has 10 heteroatoms. The minimum atomic E-state index is -0.964. The van der Waals surface area contributed by atoms with Crippen molar-refractivity contribution in [1.29, 1.82) is 0 Å². The number of ketones is 1. The normalized spacial score (nSPS) is 17.2. The second kappa shape index (κ2) is 11.0. The first-order chi connectivity index (χ1) is 16.7. The first kappa shape index (κ1) is 25.7. The van der Waals surface area contributed by atoms with Crippen molar-refractivity contribution >= 4 is 23.1 Å². The maximum absolute atomic E-state index is 13.2. The molecule has 0 bridgehead atoms. The molecule has 0 spiro atoms. The maximum atomic E-state index is 13.2. The van der Waals surface area contributed by atoms with Crippen LogP contribution in [0.1, 0.15) is 37.4 Å². The molecule has 1 saturated heterocycles. The number of Topliss-reactive ketones (excluding diaryl/α,β-unsaturated/α-hetero) is 1. The van der Waals surface area contributed by atoms with E-state index in [-0.39, 0.29) is 29.5 Å². The lowest BCUT2D eigenvalue weighted by atomic mass is 9.94. The van der Waals surface area contributed by atoms with Crippen molar-refractivity contribution in [3.63, 3.8) is 0 Å². The number of hydrogen-bond acceptors (Lipinski definition) is 8. The number of ether oxygens (including phenoxy) is 3. The zero-order chi connectivity index (χ0) is 25.7. The molecule has 1 amide bonds. The molecule has 1 fully saturated rings. The Bertz CT molecular complexity index is 1140. The third-order valence-corrected chi connectivity index (χ3v) is 5.62. The third-order valence-electron chi connectivity index (χ3n) is 5.62. The lowest BCUT2D eigenvalue weighted by Gasteiger charge is -2.27. The fourth-order valence-electron chi connectivity index (χ4n) is 3.94. The molecule has 0 saturated carbocycles. The molecule has 1 aliphatic heterocycles. The highest BCUT2D eigenvalue weighted by atomic mass is 16.6. The molecule has 1 aliphatic rings. The number of benzene rings is 2. The number of amides is 1. The molecule has 0 unspecified atom stereocenters. The van der Waals surface area contributed by atoms with Gasteiger partial charge >= 0.3 is 0 Å². The van der Waals surface area contributed by atoms with E-state index in [1.807, 2.05) is 13.8 Å². The van der Waals surface area contributed by atoms with Crippen LogP contribution in [0, 0.1) is 10.1 Å². The largest absolute Gasteiger partial charge is 0.507 e. The van der Waals surface area contributed by atoms with Gasteiger partial charge in [0.2, 0.25) is 0 Å². The summed E-state index contributed by atoms with van der Waals surface area (Å²) >= 11 is 0. The molecule has 0 aromatic heterocycles. The van der Waals surface area contributed by atoms with Crippen molar-refractivity contribution in [3.8, 4) is 11.5 Å². The van der Waals surface area contributed by atoms with Gasteiger partial charge in [-0.2, -0.15) is 0 Å². The summed E-state index contributed by atoms with van der Waals surface area (Å²) in [6.07, 6.45) is 0.479. The van der Waals surface area contributed by atoms with Crippen LogP contribution in [0.15, 0.2) is 48.0 Å². The molecule has 186 valence electrons. The lowest BCUT2D eigenvalue weighted by molar-refractivity contribution is -0.384. The fourth-order valence-corrected chi connectivity index (χ4v) is 3.94. The molecular formula is C25H28N2O8. The van der Waals surface area contributed by atoms with Crippen molar-refractivity contribution in [2.24, 2.45) is 0 Å². The van der Waals surface area contributed by atoms with E-state index in [0.717, 1.165) is 0 Å². The van der Waals surface area contributed by atoms with Crippen LogP contribution < -0.4 is 9.47 Å². The molecule has 35 heavy (non-hydrogen) atoms. The molecule has 1 atom stereocenters. The molecular weight excluding hydrogens is 456 g/mol. The predicted molar refractivity (Wildman–Crippen MR) is 127 cm³/mol. The number of methoxy groups -OCH3 is 2. The summed E-state index contributed by atoms with van der Waals surface area (Å²) in [4.78, 5) is 38.1. The third kappa shape index (κ3) is 5.43. The minimum absolute atomic E-state index is 0.0156. The van der Waals surface area contributed by atoms with Gasteiger partial charge < -0.3 is 24.2 Å². The number of nitro groups is 1. The summed E-state index contributed by atoms with van der Waals surface area (Å²) in [5.74, 6) is -1.19. The first-order valence-corrected chi connectivity index (χ1v) is 11.1. The van der Waals surface area contributed by atoms with Crippen LogP contribution in [0.5, 0.6) is 11.5 Å². The average molecular weight is 485 g/mol. The summed E-state index contributed by atoms with van der Waals surface area (Å²) in [6.45, 7) is 4.37. The number of likely N-dealkylation sites (tertiary alicyclic amines) is 1. The van der Waals surface area contributed by atoms with E-state index >= 15 is 0 Å². The van der Waals surface area contributed by atoms with Gasteiger partial charge in [-0.25, -0.2) is 0 Å². The molecule has 10 nitrogen and oxygen atoms in total. The smallest absolute Gasteiger partial charge is 0.295 e. The highest BCUT2D eigenvalue weighted by Crippen LogP contribution is 2.44. The Hall–Kier alpha value is -3.92. The van der Waals surface area contributed by atoms with Gasteiger partial charge in [0.15, 0.2) is 0 Å². The number of carbonyl (C=O) groups is 2. The number of aliphatic hydroxyl groups is 1. The molecule has 2 aromatic carbocycles. The number of aliphatic hydroxyl groups excluding tert-OH is 1. The minimum Gasteiger partial charge on any atom is -0.507 e. The molecule has 3 rings (SSSR count). The second-order valence-corrected chi connectivity index (χ2v) is 8.18. The molecule has 0 radical (unpaired) electrons. The summed E-state index contributed by atoms with van der Waals surface area (Å²) in [7, 11) is 2.95. The van der Waals surface area contributed by atoms with Gasteiger partial charge in [-0.3, -0.25) is 19.7 Å². The standard InChI is InChI=1S/C25H28N2O8/c1-15(2)35-13-5-12-26-22(19-14-18(33-3)10-11-20(19)34-4)21(24(29)25(26)30)23(28)16-6-8-17(9-7-16)27(31)32/h6-11,14-15,22,28H,5,12-13H2,1-4H3/t22-/m1/s1. The summed E-state index contributed by atoms with van der Waals surface area (Å²) < 4.78 is 16.4. The van der Waals surface area contributed by atoms with E-state index in [9.17, 15) is 24.8 Å². The van der Waals surface area contributed by atoms with Gasteiger partial charge in [0.1, 0.15) is 17.3 Å². The zero-order valence-corrected chi connectivity index (χ0v) is 20.0. The monoisotopic (exact) mass is 484 g/mol. The number of nitrogens with zero attached hydrogens (tertiary/aromatic N) is 2. The van der Waals surface area contributed by atoms with Gasteiger partial charge in [-0.1, -0.05) is 0 Å². The number of rotatable bonds is 10. The van der Waals surface area contributed by atoms with Crippen LogP contribution in [0.4, 0.5) is 5.69 Å². The molecule has 2 aromatic rings. The zero-order valence-electron chi connectivity index (χ0n) is 20.0. The van der Waals surface area contributed by atoms with Crippen molar-refractivity contribution < 1.29 is 33.8 Å². The van der Waals surface area contributed by atoms with Crippen LogP contribution in [0.25, 0.3) is 5.76 Å². The van der Waals surface area contributed by atoms with Crippen LogP contribution in [0.3, 0.4) is 0 Å². The van der Waals surface area contributed by atoms with Gasteiger partial charge in [-0.05, 0) is 50.6 Å². The van der Waals surface area contributed by atoms with E-state index in [1.54, 1.807) is 18.2 Å². The van der Waals surface area contributed by atoms with Crippen LogP contribution in [-0.4, -0.2) is 60.1 Å². The van der Waals surface area contributed by atoms with Gasteiger partial charge in [0.25, 0.3) is 17.4 Å². The molecule has 1 N–H and O–H groups in total. The van der Waals surface area contributed by atoms with E-state index in [1.165, 1.54) is 43.4 Å². The summed E-state index contributed by atoms with van der Waals surface area (Å²) in [6, 6.07) is 9.12. The highest BCUT2D eigenvalue weighted by molar-refractivity contribution is 6.46. The van der Waals surface area contributed by atoms with E-state index < -0.39 is 28.4 Å². The quantitative estimate of drug-likeness (QED) is 0.134. The van der Waals surface area contributed by atoms with Crippen molar-refractivity contribution in [3.05, 3.63) is 69.3 Å². The van der Waals surface area contributed by atoms with Gasteiger partial charge in [0.05, 0.1) is 36.9 Å². The number of nitro benzene ring substituents is 1. The fraction of sp³-hybridized carbons (Fsp3) is 0.360. The predicted octanol–water partition coefficient (Wildman–Crippen LogP) is 3.85. The van der Waals surface area contributed by atoms with E-state index in [4.69, 9.17) is 14.2 Å². The highest BCUT2D eigenvalue weighted by Gasteiger charge is 2.47. The topological polar surface area (TPSA) is 128 Å². The van der Waals surface area contributed by atoms with Crippen molar-refractivity contribution in [2.75, 3.05) is 27.4 Å². The molecule has 1 heterocycles. The van der Waals surface area contributed by atoms with Crippen LogP contribution in [0.2, 0.25) is 0 Å². The van der Waals surface area contributed by atoms with Crippen molar-refractivity contribution in [1.82, 2.24) is 4.90 Å². The summed E-state index contributed by atoms with van der Waals surface area (Å²) in [5, 5.41) is 22.1. The maximum Gasteiger partial charge on any atom is 0.295 e. The average Bonchev–Trinajstić information content (AvgIpc) is 3.10. The van der Waals surface area contributed by atoms with Gasteiger partial charge in [-0.15, -0.1) is 0 Å². The van der Waals surface area contributed by atoms with E-state index in [2.05, 4.69) is 0 Å². The Labute approximate surface area is 202 Å². The lowest BCUT2D eigenvalue weighted by Crippen LogP contribution is -2.31. The second-order valence-electron chi connectivity index (χ2n) is 8.18. The van der Waals surface area contributed by atoms with Crippen molar-refractivity contribution in [2.45, 2.75) is 32.4 Å². The van der Waals surface area contributed by atoms with Crippen LogP contribution >= 0.6 is 0 Å². The number of hydrogen-bond donors (Lipinski definition) is 1. The Morgan fingerprint density at radius 2 is 1.80 bits per heavy atom. The van der Waals surface area contributed by atoms with Crippen LogP contribution in [-0.2, 0) is 14.3 Å². The Balaban J connectivity index is 2.13. The van der Waals surface area contributed by atoms with Gasteiger partial charge in [0, 0.05) is 36.4 Å². The summed E-state index contributed by atoms with van der Waals surface area (Å²) in [5.41, 5.74) is 0.321. The first-order valence-electron chi connectivity index (χ1n) is 11.1. The Kier molecular flexibility index (Phi) is 8.08. The number of non-ortho nitro benzene ring substituents is 1. The SMILES string of the molecule is COc1ccc(OC)c([C@@H]2C(=C(O)c3ccc([N+](=O)[O-])cc3)C(=O)C(=O)N2CCCOC(C)C)c1. The Morgan fingerprint density at radius 3 is 2.37 bits per heavy atom.